The number of nitrogens with two attached hydrogens (primary N) is 1. The van der Waals surface area contributed by atoms with Crippen molar-refractivity contribution < 1.29 is 75.8 Å². The summed E-state index contributed by atoms with van der Waals surface area (Å²) in [6.07, 6.45) is 1.16. The number of hydrogen-bond acceptors (Lipinski definition) is 19. The second kappa shape index (κ2) is 33.6. The van der Waals surface area contributed by atoms with E-state index in [-0.39, 0.29) is 84.8 Å². The summed E-state index contributed by atoms with van der Waals surface area (Å²) in [5.74, 6) is -3.00. The van der Waals surface area contributed by atoms with Gasteiger partial charge in [0.2, 0.25) is 5.88 Å². The molecule has 3 aromatic rings. The van der Waals surface area contributed by atoms with Crippen LogP contribution in [-0.4, -0.2) is 199 Å². The average Bonchev–Trinajstić information content (AvgIpc) is 4.17. The van der Waals surface area contributed by atoms with Gasteiger partial charge in [-0.3, -0.25) is 52.7 Å². The molecule has 5 heterocycles. The van der Waals surface area contributed by atoms with Crippen LogP contribution >= 0.6 is 27.5 Å². The molecule has 7 rings (SSSR count). The molecule has 29 heteroatoms. The molecule has 0 radical (unpaired) electrons. The maximum absolute atomic E-state index is 13.9. The van der Waals surface area contributed by atoms with E-state index in [9.17, 15) is 37.5 Å². The maximum Gasteiger partial charge on any atom is 0.280 e. The van der Waals surface area contributed by atoms with Crippen LogP contribution in [0.2, 0.25) is 5.02 Å². The number of alkyl halides is 1. The van der Waals surface area contributed by atoms with E-state index in [0.717, 1.165) is 34.0 Å². The Morgan fingerprint density at radius 3 is 1.84 bits per heavy atom. The third kappa shape index (κ3) is 19.4. The van der Waals surface area contributed by atoms with Gasteiger partial charge in [0.25, 0.3) is 35.1 Å². The number of amides is 5. The summed E-state index contributed by atoms with van der Waals surface area (Å²) in [6, 6.07) is 5.92. The zero-order chi connectivity index (χ0) is 54.7. The van der Waals surface area contributed by atoms with Gasteiger partial charge in [0.1, 0.15) is 55.3 Å². The monoisotopic (exact) mass is 1140 g/mol. The zero-order valence-corrected chi connectivity index (χ0v) is 44.3. The molecule has 74 heavy (non-hydrogen) atoms. The number of halogens is 4. The lowest BCUT2D eigenvalue weighted by atomic mass is 10.1. The molecule has 1 aromatic heterocycles. The number of aryl methyl sites for hydroxylation is 1. The molecule has 0 unspecified atom stereocenters. The van der Waals surface area contributed by atoms with Crippen molar-refractivity contribution in [2.75, 3.05) is 120 Å². The number of nitrogens with one attached hydrogen (secondary N) is 4. The molecular weight excluding hydrogens is 1070 g/mol. The molecule has 0 spiro atoms. The maximum atomic E-state index is 13.9. The van der Waals surface area contributed by atoms with Gasteiger partial charge in [-0.15, -0.1) is 0 Å². The fourth-order valence-corrected chi connectivity index (χ4v) is 6.67. The minimum absolute atomic E-state index is 0.0186. The predicted molar refractivity (Wildman–Crippen MR) is 264 cm³/mol. The number of hydroxylamine groups is 7. The quantitative estimate of drug-likeness (QED) is 0.0985. The molecule has 4 atom stereocenters. The fourth-order valence-electron chi connectivity index (χ4n) is 6.15. The number of carbonyl (C=O) groups excluding carboxylic acids is 5. The molecule has 25 nitrogen and oxygen atoms in total. The average molecular weight is 1140 g/mol. The van der Waals surface area contributed by atoms with Gasteiger partial charge in [-0.2, -0.15) is 0 Å². The van der Waals surface area contributed by atoms with E-state index in [2.05, 4.69) is 51.9 Å². The number of nitrogens with zero attached hydrogens (tertiary/aromatic N) is 5. The van der Waals surface area contributed by atoms with Crippen molar-refractivity contribution in [2.45, 2.75) is 37.7 Å². The Balaban J connectivity index is 0.000000320. The highest BCUT2D eigenvalue weighted by atomic mass is 79.9. The largest absolute Gasteiger partial charge is 0.471 e. The summed E-state index contributed by atoms with van der Waals surface area (Å²) >= 11 is 9.38. The Bertz CT molecular complexity index is 2350. The van der Waals surface area contributed by atoms with Crippen molar-refractivity contribution in [2.24, 2.45) is 5.73 Å². The Labute approximate surface area is 439 Å². The molecule has 0 aliphatic carbocycles. The third-order valence-corrected chi connectivity index (χ3v) is 11.0. The Morgan fingerprint density at radius 2 is 1.36 bits per heavy atom. The number of benzene rings is 2. The van der Waals surface area contributed by atoms with Gasteiger partial charge in [0.05, 0.1) is 71.6 Å². The summed E-state index contributed by atoms with van der Waals surface area (Å²) in [6.45, 7) is 5.73. The highest BCUT2D eigenvalue weighted by Gasteiger charge is 2.35. The van der Waals surface area contributed by atoms with Crippen LogP contribution in [0.5, 0.6) is 5.88 Å². The summed E-state index contributed by atoms with van der Waals surface area (Å²) in [5.41, 5.74) is 8.11. The van der Waals surface area contributed by atoms with E-state index in [4.69, 9.17) is 50.8 Å². The molecular formula is C45H64BrClF2N10O15. The number of methoxy groups -OCH3 is 4. The number of rotatable bonds is 19. The summed E-state index contributed by atoms with van der Waals surface area (Å²) < 4.78 is 52.7. The van der Waals surface area contributed by atoms with Crippen LogP contribution in [0.25, 0.3) is 5.69 Å². The molecule has 4 aliphatic heterocycles. The highest BCUT2D eigenvalue weighted by molar-refractivity contribution is 9.09. The minimum Gasteiger partial charge on any atom is -0.471 e. The van der Waals surface area contributed by atoms with Gasteiger partial charge in [-0.05, 0) is 50.8 Å². The Kier molecular flexibility index (Phi) is 28.5. The van der Waals surface area contributed by atoms with Crippen molar-refractivity contribution in [3.8, 4) is 11.6 Å². The first-order chi connectivity index (χ1) is 35.5. The lowest BCUT2D eigenvalue weighted by Crippen LogP contribution is -2.43. The molecule has 4 saturated heterocycles. The van der Waals surface area contributed by atoms with Gasteiger partial charge < -0.3 is 45.4 Å². The fraction of sp³-hybridized carbons (Fsp3) is 0.533. The predicted octanol–water partition coefficient (Wildman–Crippen LogP) is -0.0379. The van der Waals surface area contributed by atoms with Crippen LogP contribution in [0, 0.1) is 18.6 Å². The number of likely N-dealkylation sites (N-methyl/N-ethyl adjacent to an activating group) is 2. The number of hydrogen-bond donors (Lipinski definition) is 5. The molecule has 0 bridgehead atoms. The molecule has 4 aliphatic rings. The number of ether oxygens (including phenoxy) is 5. The van der Waals surface area contributed by atoms with Crippen molar-refractivity contribution in [1.82, 2.24) is 46.2 Å². The van der Waals surface area contributed by atoms with E-state index in [1.165, 1.54) is 29.4 Å². The first-order valence-electron chi connectivity index (χ1n) is 22.6. The molecule has 412 valence electrons. The molecule has 6 N–H and O–H groups in total. The van der Waals surface area contributed by atoms with Crippen molar-refractivity contribution in [3.05, 3.63) is 86.4 Å². The second-order valence-corrected chi connectivity index (χ2v) is 16.7. The van der Waals surface area contributed by atoms with Gasteiger partial charge in [0.15, 0.2) is 5.02 Å². The molecule has 4 fully saturated rings. The standard InChI is InChI=1S/C25H23ClF2N4O6.C7H14N2O3.C6H12N2O3.C4H8N2O2.C3H7BrO/c1-14-3-4-15(22(33)30-19-12-38-32(24(19)34)7-8-36-2)9-20(14)31-13-29-23(21(26)25(31)35)37-11-16-5-6-17(27)10-18(16)28;1-8-6-5-12-9(7(6)10)3-4-11-2;1-10-3-2-8-6(9)5(7)4-11-8;1-5-3-2-8-6-4(3)7;1-5-3-2-4/h3-6,9-10,13,19H,7-8,11-12H2,1-2H3,(H,30,33);6,8H,3-5H2,1-2H3;5H,2-4,7H2,1H3;3,5H,2H2,1H3,(H,6,7);2-3H2,1H3/t19-;6-;5-;3-;/m1111./s1. The Hall–Kier alpha value is -5.34. The lowest BCUT2D eigenvalue weighted by Gasteiger charge is -2.15. The van der Waals surface area contributed by atoms with Crippen molar-refractivity contribution >= 4 is 57.1 Å². The summed E-state index contributed by atoms with van der Waals surface area (Å²) in [7, 11) is 9.81. The van der Waals surface area contributed by atoms with E-state index < -0.39 is 41.1 Å². The number of carbonyl (C=O) groups is 5. The van der Waals surface area contributed by atoms with Crippen molar-refractivity contribution in [3.63, 3.8) is 0 Å². The Morgan fingerprint density at radius 1 is 0.797 bits per heavy atom. The third-order valence-electron chi connectivity index (χ3n) is 10.4. The smallest absolute Gasteiger partial charge is 0.280 e. The van der Waals surface area contributed by atoms with Crippen molar-refractivity contribution in [1.29, 1.82) is 0 Å². The summed E-state index contributed by atoms with van der Waals surface area (Å²) in [4.78, 5) is 95.2. The van der Waals surface area contributed by atoms with E-state index in [1.807, 2.05) is 0 Å². The lowest BCUT2D eigenvalue weighted by molar-refractivity contribution is -0.164. The second-order valence-electron chi connectivity index (χ2n) is 15.5. The molecule has 5 amide bonds. The van der Waals surface area contributed by atoms with Gasteiger partial charge in [0, 0.05) is 51.0 Å². The zero-order valence-electron chi connectivity index (χ0n) is 42.0. The van der Waals surface area contributed by atoms with Crippen LogP contribution in [0.15, 0.2) is 47.5 Å². The normalized spacial score (nSPS) is 18.9. The van der Waals surface area contributed by atoms with Gasteiger partial charge in [-0.25, -0.2) is 34.4 Å². The number of aromatic nitrogens is 2. The van der Waals surface area contributed by atoms with Crippen LogP contribution in [0.3, 0.4) is 0 Å². The van der Waals surface area contributed by atoms with Gasteiger partial charge >= 0.3 is 0 Å². The first-order valence-corrected chi connectivity index (χ1v) is 24.1. The van der Waals surface area contributed by atoms with E-state index in [0.29, 0.717) is 56.8 Å². The molecule has 0 saturated carbocycles. The van der Waals surface area contributed by atoms with Crippen LogP contribution in [0.4, 0.5) is 8.78 Å². The van der Waals surface area contributed by atoms with Crippen LogP contribution in [0.1, 0.15) is 21.5 Å². The minimum atomic E-state index is -0.870. The van der Waals surface area contributed by atoms with Crippen LogP contribution < -0.4 is 37.5 Å². The summed E-state index contributed by atoms with van der Waals surface area (Å²) in [5, 5.41) is 12.6. The first kappa shape index (κ1) is 63.0. The topological polar surface area (TPSA) is 287 Å². The van der Waals surface area contributed by atoms with Gasteiger partial charge in [-0.1, -0.05) is 33.6 Å². The SMILES string of the molecule is CN[C@@H]1CON(CCOC)C1=O.CN[C@@H]1CONC1=O.COCCBr.COCCN1OC[C@@H](N)C1=O.COCCN1OC[C@@H](NC(=O)c2ccc(C)c(-n3cnc(OCc4ccc(F)cc4F)c(Cl)c3=O)c2)C1=O. The van der Waals surface area contributed by atoms with E-state index >= 15 is 0 Å². The highest BCUT2D eigenvalue weighted by Crippen LogP contribution is 2.22. The van der Waals surface area contributed by atoms with Crippen LogP contribution in [-0.2, 0) is 64.1 Å². The molecule has 2 aromatic carbocycles. The van der Waals surface area contributed by atoms with E-state index in [1.54, 1.807) is 54.5 Å².